The summed E-state index contributed by atoms with van der Waals surface area (Å²) in [6, 6.07) is 10.3. The molecule has 8 heteroatoms. The highest BCUT2D eigenvalue weighted by Gasteiger charge is 2.22. The van der Waals surface area contributed by atoms with E-state index in [2.05, 4.69) is 27.5 Å². The van der Waals surface area contributed by atoms with Crippen molar-refractivity contribution in [2.75, 3.05) is 0 Å². The maximum absolute atomic E-state index is 13.3. The summed E-state index contributed by atoms with van der Waals surface area (Å²) in [5.41, 5.74) is 3.52. The predicted molar refractivity (Wildman–Crippen MR) is 128 cm³/mol. The maximum Gasteiger partial charge on any atom is 0.262 e. The molecule has 5 aromatic rings. The van der Waals surface area contributed by atoms with Crippen LogP contribution >= 0.6 is 34.4 Å². The van der Waals surface area contributed by atoms with Gasteiger partial charge in [0.25, 0.3) is 5.56 Å². The number of aryl methyl sites for hydroxylation is 2. The van der Waals surface area contributed by atoms with Crippen molar-refractivity contribution in [1.29, 1.82) is 0 Å². The van der Waals surface area contributed by atoms with E-state index in [1.807, 2.05) is 25.2 Å². The highest BCUT2D eigenvalue weighted by atomic mass is 32.2. The Morgan fingerprint density at radius 2 is 1.87 bits per heavy atom. The van der Waals surface area contributed by atoms with Crippen molar-refractivity contribution < 1.29 is 0 Å². The third kappa shape index (κ3) is 3.12. The summed E-state index contributed by atoms with van der Waals surface area (Å²) in [5.74, 6) is 0. The fourth-order valence-electron chi connectivity index (χ4n) is 4.20. The zero-order valence-electron chi connectivity index (χ0n) is 16.8. The summed E-state index contributed by atoms with van der Waals surface area (Å²) in [5, 5.41) is 5.46. The third-order valence-electron chi connectivity index (χ3n) is 5.76. The van der Waals surface area contributed by atoms with E-state index in [1.165, 1.54) is 28.6 Å². The largest absolute Gasteiger partial charge is 0.290 e. The van der Waals surface area contributed by atoms with Gasteiger partial charge in [-0.15, -0.1) is 22.7 Å². The highest BCUT2D eigenvalue weighted by molar-refractivity contribution is 7.99. The zero-order chi connectivity index (χ0) is 20.9. The number of fused-ring (bicyclic) bond motifs is 4. The Morgan fingerprint density at radius 1 is 1.03 bits per heavy atom. The first kappa shape index (κ1) is 19.2. The van der Waals surface area contributed by atoms with Gasteiger partial charge in [0.2, 0.25) is 0 Å². The van der Waals surface area contributed by atoms with Crippen LogP contribution in [0.2, 0.25) is 0 Å². The summed E-state index contributed by atoms with van der Waals surface area (Å²) in [7, 11) is 1.81. The lowest BCUT2D eigenvalue weighted by Gasteiger charge is -2.11. The molecule has 0 aliphatic heterocycles. The Bertz CT molecular complexity index is 1500. The molecule has 0 atom stereocenters. The lowest BCUT2D eigenvalue weighted by Crippen LogP contribution is -2.20. The first-order valence-corrected chi connectivity index (χ1v) is 12.7. The van der Waals surface area contributed by atoms with Crippen LogP contribution in [-0.2, 0) is 19.9 Å². The molecule has 6 rings (SSSR count). The Balaban J connectivity index is 1.51. The van der Waals surface area contributed by atoms with Crippen LogP contribution in [0.3, 0.4) is 0 Å². The van der Waals surface area contributed by atoms with Gasteiger partial charge in [0.05, 0.1) is 10.8 Å². The van der Waals surface area contributed by atoms with Crippen molar-refractivity contribution in [2.45, 2.75) is 35.9 Å². The first-order valence-electron chi connectivity index (χ1n) is 10.2. The van der Waals surface area contributed by atoms with Gasteiger partial charge in [-0.1, -0.05) is 30.3 Å². The summed E-state index contributed by atoms with van der Waals surface area (Å²) in [6.45, 7) is 0. The quantitative estimate of drug-likeness (QED) is 0.254. The molecule has 0 spiro atoms. The lowest BCUT2D eigenvalue weighted by atomic mass is 9.97. The fourth-order valence-corrected chi connectivity index (χ4v) is 7.43. The standard InChI is InChI=1S/C23H18N4OS3/c1-27-22(28)18-14-9-5-6-10-16(14)30-21(18)26-23(27)31-20-17-15(13-7-3-2-4-8-13)11-29-19(17)24-12-25-20/h2-4,7-8,11-12H,5-6,9-10H2,1H3. The maximum atomic E-state index is 13.3. The Hall–Kier alpha value is -2.55. The first-order chi connectivity index (χ1) is 15.2. The average molecular weight is 463 g/mol. The van der Waals surface area contributed by atoms with Gasteiger partial charge in [0.15, 0.2) is 5.16 Å². The van der Waals surface area contributed by atoms with E-state index in [1.54, 1.807) is 33.6 Å². The molecular weight excluding hydrogens is 444 g/mol. The summed E-state index contributed by atoms with van der Waals surface area (Å²) in [4.78, 5) is 30.4. The summed E-state index contributed by atoms with van der Waals surface area (Å²) >= 11 is 4.74. The van der Waals surface area contributed by atoms with Crippen molar-refractivity contribution in [3.05, 3.63) is 62.8 Å². The molecule has 154 valence electrons. The number of aromatic nitrogens is 4. The number of hydrogen-bond acceptors (Lipinski definition) is 7. The minimum absolute atomic E-state index is 0.0470. The number of thiophene rings is 2. The number of hydrogen-bond donors (Lipinski definition) is 0. The van der Waals surface area contributed by atoms with Crippen LogP contribution in [0.25, 0.3) is 31.6 Å². The van der Waals surface area contributed by atoms with Crippen LogP contribution in [0.4, 0.5) is 0 Å². The zero-order valence-corrected chi connectivity index (χ0v) is 19.2. The van der Waals surface area contributed by atoms with E-state index in [-0.39, 0.29) is 5.56 Å². The monoisotopic (exact) mass is 462 g/mol. The van der Waals surface area contributed by atoms with E-state index in [9.17, 15) is 4.79 Å². The van der Waals surface area contributed by atoms with E-state index >= 15 is 0 Å². The minimum atomic E-state index is 0.0470. The third-order valence-corrected chi connectivity index (χ3v) is 8.89. The molecule has 4 heterocycles. The number of rotatable bonds is 3. The van der Waals surface area contributed by atoms with Gasteiger partial charge < -0.3 is 0 Å². The molecule has 0 fully saturated rings. The molecule has 0 saturated heterocycles. The molecule has 5 nitrogen and oxygen atoms in total. The van der Waals surface area contributed by atoms with E-state index in [4.69, 9.17) is 4.98 Å². The van der Waals surface area contributed by atoms with Crippen LogP contribution in [0.1, 0.15) is 23.3 Å². The Labute approximate surface area is 190 Å². The predicted octanol–water partition coefficient (Wildman–Crippen LogP) is 5.70. The smallest absolute Gasteiger partial charge is 0.262 e. The highest BCUT2D eigenvalue weighted by Crippen LogP contribution is 2.40. The molecule has 0 unspecified atom stereocenters. The molecule has 0 saturated carbocycles. The molecule has 1 aliphatic carbocycles. The fraction of sp³-hybridized carbons (Fsp3) is 0.217. The van der Waals surface area contributed by atoms with Gasteiger partial charge in [-0.25, -0.2) is 15.0 Å². The average Bonchev–Trinajstić information content (AvgIpc) is 3.40. The number of nitrogens with zero attached hydrogens (tertiary/aromatic N) is 4. The van der Waals surface area contributed by atoms with Crippen LogP contribution in [0.15, 0.2) is 57.0 Å². The Kier molecular flexibility index (Phi) is 4.66. The molecule has 1 aliphatic rings. The van der Waals surface area contributed by atoms with Crippen LogP contribution in [0, 0.1) is 0 Å². The molecule has 0 amide bonds. The van der Waals surface area contributed by atoms with Crippen LogP contribution < -0.4 is 5.56 Å². The topological polar surface area (TPSA) is 60.7 Å². The molecule has 0 bridgehead atoms. The normalized spacial score (nSPS) is 13.7. The second kappa shape index (κ2) is 7.55. The van der Waals surface area contributed by atoms with Gasteiger partial charge in [-0.3, -0.25) is 9.36 Å². The minimum Gasteiger partial charge on any atom is -0.290 e. The van der Waals surface area contributed by atoms with Crippen LogP contribution in [0.5, 0.6) is 0 Å². The number of benzene rings is 1. The van der Waals surface area contributed by atoms with Crippen molar-refractivity contribution in [3.63, 3.8) is 0 Å². The summed E-state index contributed by atoms with van der Waals surface area (Å²) < 4.78 is 1.68. The van der Waals surface area contributed by atoms with Crippen molar-refractivity contribution in [3.8, 4) is 11.1 Å². The van der Waals surface area contributed by atoms with E-state index in [0.29, 0.717) is 5.16 Å². The van der Waals surface area contributed by atoms with E-state index in [0.717, 1.165) is 55.8 Å². The van der Waals surface area contributed by atoms with Gasteiger partial charge in [-0.2, -0.15) is 0 Å². The molecule has 0 radical (unpaired) electrons. The SMILES string of the molecule is Cn1c(Sc2ncnc3scc(-c4ccccc4)c23)nc2sc3c(c2c1=O)CCCC3. The van der Waals surface area contributed by atoms with Crippen molar-refractivity contribution in [1.82, 2.24) is 19.5 Å². The molecule has 4 aromatic heterocycles. The molecule has 31 heavy (non-hydrogen) atoms. The van der Waals surface area contributed by atoms with Gasteiger partial charge in [0.1, 0.15) is 21.0 Å². The van der Waals surface area contributed by atoms with Crippen molar-refractivity contribution in [2.24, 2.45) is 7.05 Å². The second-order valence-electron chi connectivity index (χ2n) is 7.63. The molecule has 1 aromatic carbocycles. The Morgan fingerprint density at radius 3 is 2.74 bits per heavy atom. The lowest BCUT2D eigenvalue weighted by molar-refractivity contribution is 0.695. The molecule has 0 N–H and O–H groups in total. The molecular formula is C23H18N4OS3. The van der Waals surface area contributed by atoms with Gasteiger partial charge in [-0.05, 0) is 48.6 Å². The van der Waals surface area contributed by atoms with Crippen LogP contribution in [-0.4, -0.2) is 19.5 Å². The van der Waals surface area contributed by atoms with Gasteiger partial charge >= 0.3 is 0 Å². The van der Waals surface area contributed by atoms with Crippen molar-refractivity contribution >= 4 is 54.9 Å². The second-order valence-corrected chi connectivity index (χ2v) is 10.5. The van der Waals surface area contributed by atoms with Gasteiger partial charge in [0, 0.05) is 22.9 Å². The van der Waals surface area contributed by atoms with E-state index < -0.39 is 0 Å². The summed E-state index contributed by atoms with van der Waals surface area (Å²) in [6.07, 6.45) is 5.99.